The topological polar surface area (TPSA) is 46.2 Å². The van der Waals surface area contributed by atoms with Crippen molar-refractivity contribution < 1.29 is 9.59 Å². The van der Waals surface area contributed by atoms with E-state index in [9.17, 15) is 9.59 Å². The first-order valence-electron chi connectivity index (χ1n) is 7.03. The van der Waals surface area contributed by atoms with Crippen molar-refractivity contribution in [3.63, 3.8) is 0 Å². The molecule has 0 heterocycles. The second-order valence-electron chi connectivity index (χ2n) is 5.32. The van der Waals surface area contributed by atoms with Gasteiger partial charge in [0, 0.05) is 5.56 Å². The Morgan fingerprint density at radius 3 is 2.05 bits per heavy atom. The van der Waals surface area contributed by atoms with E-state index in [1.54, 1.807) is 12.1 Å². The molecule has 0 unspecified atom stereocenters. The molecule has 108 valence electrons. The van der Waals surface area contributed by atoms with Crippen LogP contribution < -0.4 is 5.32 Å². The van der Waals surface area contributed by atoms with Crippen LogP contribution in [0, 0.1) is 5.92 Å². The summed E-state index contributed by atoms with van der Waals surface area (Å²) in [6, 6.07) is 16.9. The van der Waals surface area contributed by atoms with E-state index in [1.807, 2.05) is 56.3 Å². The number of carbonyl (C=O) groups excluding carboxylic acids is 2. The predicted octanol–water partition coefficient (Wildman–Crippen LogP) is 3.31. The van der Waals surface area contributed by atoms with Crippen LogP contribution in [0.15, 0.2) is 54.6 Å². The third-order valence-electron chi connectivity index (χ3n) is 3.42. The number of hydrogen-bond acceptors (Lipinski definition) is 2. The van der Waals surface area contributed by atoms with Crippen molar-refractivity contribution in [3.8, 4) is 11.1 Å². The Morgan fingerprint density at radius 2 is 1.52 bits per heavy atom. The summed E-state index contributed by atoms with van der Waals surface area (Å²) in [5.74, 6) is -0.143. The maximum Gasteiger partial charge on any atom is 0.251 e. The molecule has 1 N–H and O–H groups in total. The minimum absolute atomic E-state index is 0.0787. The van der Waals surface area contributed by atoms with Crippen molar-refractivity contribution in [1.82, 2.24) is 5.32 Å². The zero-order valence-electron chi connectivity index (χ0n) is 12.2. The molecular formula is C18H19NO2. The van der Waals surface area contributed by atoms with Crippen molar-refractivity contribution in [3.05, 3.63) is 60.2 Å². The van der Waals surface area contributed by atoms with Crippen LogP contribution >= 0.6 is 0 Å². The van der Waals surface area contributed by atoms with Crippen LogP contribution in [0.2, 0.25) is 0 Å². The minimum atomic E-state index is -0.453. The van der Waals surface area contributed by atoms with Gasteiger partial charge in [-0.25, -0.2) is 0 Å². The lowest BCUT2D eigenvalue weighted by atomic mass is 10.0. The summed E-state index contributed by atoms with van der Waals surface area (Å²) in [6.45, 7) is 3.80. The molecule has 21 heavy (non-hydrogen) atoms. The van der Waals surface area contributed by atoms with E-state index in [4.69, 9.17) is 0 Å². The number of nitrogens with one attached hydrogen (secondary N) is 1. The molecule has 0 radical (unpaired) electrons. The third-order valence-corrected chi connectivity index (χ3v) is 3.42. The van der Waals surface area contributed by atoms with Crippen LogP contribution in [0.5, 0.6) is 0 Å². The van der Waals surface area contributed by atoms with Crippen LogP contribution in [0.4, 0.5) is 0 Å². The van der Waals surface area contributed by atoms with Crippen LogP contribution in [0.1, 0.15) is 24.2 Å². The van der Waals surface area contributed by atoms with Gasteiger partial charge in [-0.05, 0) is 29.2 Å². The summed E-state index contributed by atoms with van der Waals surface area (Å²) in [7, 11) is 0. The average Bonchev–Trinajstić information content (AvgIpc) is 2.53. The molecule has 0 aliphatic heterocycles. The second kappa shape index (κ2) is 6.84. The van der Waals surface area contributed by atoms with Crippen molar-refractivity contribution in [2.45, 2.75) is 19.9 Å². The molecule has 0 saturated carbocycles. The quantitative estimate of drug-likeness (QED) is 0.855. The Hall–Kier alpha value is -2.42. The summed E-state index contributed by atoms with van der Waals surface area (Å²) < 4.78 is 0. The largest absolute Gasteiger partial charge is 0.342 e. The Kier molecular flexibility index (Phi) is 4.88. The molecule has 0 bridgehead atoms. The van der Waals surface area contributed by atoms with Gasteiger partial charge in [-0.2, -0.15) is 0 Å². The van der Waals surface area contributed by atoms with Crippen LogP contribution in [0.3, 0.4) is 0 Å². The van der Waals surface area contributed by atoms with Gasteiger partial charge in [0.1, 0.15) is 6.29 Å². The van der Waals surface area contributed by atoms with Crippen molar-refractivity contribution in [1.29, 1.82) is 0 Å². The summed E-state index contributed by atoms with van der Waals surface area (Å²) >= 11 is 0. The summed E-state index contributed by atoms with van der Waals surface area (Å²) in [6.07, 6.45) is 0.779. The molecule has 3 nitrogen and oxygen atoms in total. The SMILES string of the molecule is CC(C)[C@@H](C=O)NC(=O)c1ccc(-c2ccccc2)cc1. The van der Waals surface area contributed by atoms with E-state index in [1.165, 1.54) is 0 Å². The minimum Gasteiger partial charge on any atom is -0.342 e. The van der Waals surface area contributed by atoms with E-state index >= 15 is 0 Å². The molecule has 0 saturated heterocycles. The number of carbonyl (C=O) groups is 2. The molecule has 2 rings (SSSR count). The van der Waals surface area contributed by atoms with Crippen LogP contribution in [-0.2, 0) is 4.79 Å². The van der Waals surface area contributed by atoms with Crippen molar-refractivity contribution in [2.75, 3.05) is 0 Å². The Morgan fingerprint density at radius 1 is 0.952 bits per heavy atom. The van der Waals surface area contributed by atoms with Gasteiger partial charge < -0.3 is 10.1 Å². The lowest BCUT2D eigenvalue weighted by Crippen LogP contribution is -2.39. The lowest BCUT2D eigenvalue weighted by molar-refractivity contribution is -0.110. The maximum atomic E-state index is 12.1. The molecule has 0 aliphatic rings. The van der Waals surface area contributed by atoms with Gasteiger partial charge in [0.25, 0.3) is 5.91 Å². The van der Waals surface area contributed by atoms with E-state index < -0.39 is 6.04 Å². The summed E-state index contributed by atoms with van der Waals surface area (Å²) in [4.78, 5) is 23.0. The highest BCUT2D eigenvalue weighted by molar-refractivity contribution is 5.96. The average molecular weight is 281 g/mol. The normalized spacial score (nSPS) is 12.0. The Bertz CT molecular complexity index is 603. The summed E-state index contributed by atoms with van der Waals surface area (Å²) in [5.41, 5.74) is 2.72. The molecule has 0 fully saturated rings. The first kappa shape index (κ1) is 15.0. The number of hydrogen-bond donors (Lipinski definition) is 1. The van der Waals surface area contributed by atoms with Gasteiger partial charge in [0.15, 0.2) is 0 Å². The van der Waals surface area contributed by atoms with Gasteiger partial charge in [-0.3, -0.25) is 4.79 Å². The zero-order valence-corrected chi connectivity index (χ0v) is 12.2. The lowest BCUT2D eigenvalue weighted by Gasteiger charge is -2.16. The Labute approximate surface area is 125 Å². The molecule has 0 aromatic heterocycles. The van der Waals surface area contributed by atoms with Gasteiger partial charge in [0.2, 0.25) is 0 Å². The van der Waals surface area contributed by atoms with Gasteiger partial charge in [0.05, 0.1) is 6.04 Å². The van der Waals surface area contributed by atoms with Crippen LogP contribution in [0.25, 0.3) is 11.1 Å². The second-order valence-corrected chi connectivity index (χ2v) is 5.32. The van der Waals surface area contributed by atoms with E-state index in [0.717, 1.165) is 17.4 Å². The molecule has 0 aliphatic carbocycles. The van der Waals surface area contributed by atoms with Crippen molar-refractivity contribution >= 4 is 12.2 Å². The number of benzene rings is 2. The molecule has 0 spiro atoms. The van der Waals surface area contributed by atoms with Crippen LogP contribution in [-0.4, -0.2) is 18.2 Å². The highest BCUT2D eigenvalue weighted by Crippen LogP contribution is 2.19. The van der Waals surface area contributed by atoms with Gasteiger partial charge in [-0.1, -0.05) is 56.3 Å². The molecular weight excluding hydrogens is 262 g/mol. The summed E-state index contributed by atoms with van der Waals surface area (Å²) in [5, 5.41) is 2.73. The molecule has 2 aromatic carbocycles. The number of aldehydes is 1. The highest BCUT2D eigenvalue weighted by Gasteiger charge is 2.16. The number of amides is 1. The molecule has 2 aromatic rings. The molecule has 1 amide bonds. The maximum absolute atomic E-state index is 12.1. The first-order chi connectivity index (χ1) is 10.1. The van der Waals surface area contributed by atoms with E-state index in [-0.39, 0.29) is 11.8 Å². The third kappa shape index (κ3) is 3.78. The van der Waals surface area contributed by atoms with E-state index in [2.05, 4.69) is 5.32 Å². The fraction of sp³-hybridized carbons (Fsp3) is 0.222. The first-order valence-corrected chi connectivity index (χ1v) is 7.03. The smallest absolute Gasteiger partial charge is 0.251 e. The van der Waals surface area contributed by atoms with Gasteiger partial charge in [-0.15, -0.1) is 0 Å². The molecule has 3 heteroatoms. The fourth-order valence-electron chi connectivity index (χ4n) is 2.04. The fourth-order valence-corrected chi connectivity index (χ4v) is 2.04. The Balaban J connectivity index is 2.12. The van der Waals surface area contributed by atoms with Crippen molar-refractivity contribution in [2.24, 2.45) is 5.92 Å². The number of rotatable bonds is 5. The highest BCUT2D eigenvalue weighted by atomic mass is 16.2. The predicted molar refractivity (Wildman–Crippen MR) is 84.0 cm³/mol. The monoisotopic (exact) mass is 281 g/mol. The standard InChI is InChI=1S/C18H19NO2/c1-13(2)17(12-20)19-18(21)16-10-8-15(9-11-16)14-6-4-3-5-7-14/h3-13,17H,1-2H3,(H,19,21)/t17-/m1/s1. The van der Waals surface area contributed by atoms with Gasteiger partial charge >= 0.3 is 0 Å². The zero-order chi connectivity index (χ0) is 15.2. The van der Waals surface area contributed by atoms with E-state index in [0.29, 0.717) is 5.56 Å². The molecule has 1 atom stereocenters.